The minimum Gasteiger partial charge on any atom is -0.289 e. The van der Waals surface area contributed by atoms with E-state index in [1.807, 2.05) is 35.8 Å². The first-order valence-electron chi connectivity index (χ1n) is 11.3. The van der Waals surface area contributed by atoms with Crippen molar-refractivity contribution in [1.82, 2.24) is 9.88 Å². The van der Waals surface area contributed by atoms with E-state index in [0.717, 1.165) is 25.3 Å². The van der Waals surface area contributed by atoms with E-state index in [1.165, 1.54) is 20.9 Å². The Morgan fingerprint density at radius 1 is 0.625 bits per heavy atom. The van der Waals surface area contributed by atoms with Gasteiger partial charge in [-0.05, 0) is 35.4 Å². The maximum absolute atomic E-state index is 4.61. The molecule has 170 valence electrons. The molecule has 0 aliphatic rings. The van der Waals surface area contributed by atoms with Gasteiger partial charge < -0.3 is 0 Å². The average Bonchev–Trinajstić information content (AvgIpc) is 2.69. The van der Waals surface area contributed by atoms with E-state index in [1.54, 1.807) is 0 Å². The quantitative estimate of drug-likeness (QED) is 0.313. The van der Waals surface area contributed by atoms with Crippen LogP contribution in [0.4, 0.5) is 0 Å². The normalized spacial score (nSPS) is 12.3. The van der Waals surface area contributed by atoms with Gasteiger partial charge in [-0.3, -0.25) is 9.88 Å². The van der Waals surface area contributed by atoms with Gasteiger partial charge in [-0.25, -0.2) is 0 Å². The van der Waals surface area contributed by atoms with Crippen LogP contribution in [-0.2, 0) is 19.6 Å². The molecule has 3 rings (SSSR count). The monoisotopic (exact) mass is 464 g/mol. The third kappa shape index (κ3) is 8.31. The van der Waals surface area contributed by atoms with Crippen molar-refractivity contribution < 1.29 is 0 Å². The summed E-state index contributed by atoms with van der Waals surface area (Å²) in [5, 5.41) is 0. The lowest BCUT2D eigenvalue weighted by Crippen LogP contribution is -2.24. The highest BCUT2D eigenvalue weighted by Crippen LogP contribution is 2.36. The van der Waals surface area contributed by atoms with E-state index in [4.69, 9.17) is 0 Å². The van der Waals surface area contributed by atoms with Crippen LogP contribution in [0.25, 0.3) is 0 Å². The first kappa shape index (κ1) is 24.9. The van der Waals surface area contributed by atoms with Crippen molar-refractivity contribution >= 4 is 23.5 Å². The molecule has 1 aromatic heterocycles. The van der Waals surface area contributed by atoms with Gasteiger partial charge in [0, 0.05) is 45.1 Å². The maximum atomic E-state index is 4.61. The Labute approximate surface area is 203 Å². The summed E-state index contributed by atoms with van der Waals surface area (Å²) in [7, 11) is 0. The molecule has 0 N–H and O–H groups in total. The van der Waals surface area contributed by atoms with Crippen molar-refractivity contribution in [2.24, 2.45) is 0 Å². The van der Waals surface area contributed by atoms with Crippen molar-refractivity contribution in [3.05, 3.63) is 89.7 Å². The number of hydrogen-bond acceptors (Lipinski definition) is 4. The van der Waals surface area contributed by atoms with Crippen molar-refractivity contribution in [1.29, 1.82) is 0 Å². The lowest BCUT2D eigenvalue weighted by Gasteiger charge is -2.27. The number of rotatable bonds is 8. The number of aromatic nitrogens is 1. The molecule has 32 heavy (non-hydrogen) atoms. The summed E-state index contributed by atoms with van der Waals surface area (Å²) in [5.74, 6) is 0. The van der Waals surface area contributed by atoms with Crippen LogP contribution in [0, 0.1) is 0 Å². The zero-order valence-electron chi connectivity index (χ0n) is 20.3. The molecule has 3 aromatic rings. The van der Waals surface area contributed by atoms with Crippen molar-refractivity contribution in [2.45, 2.75) is 80.5 Å². The second-order valence-corrected chi connectivity index (χ2v) is 13.8. The van der Waals surface area contributed by atoms with Crippen molar-refractivity contribution in [3.8, 4) is 0 Å². The zero-order chi connectivity index (χ0) is 23.2. The highest BCUT2D eigenvalue weighted by Gasteiger charge is 2.19. The van der Waals surface area contributed by atoms with Crippen molar-refractivity contribution in [3.63, 3.8) is 0 Å². The predicted octanol–water partition coefficient (Wildman–Crippen LogP) is 8.07. The molecule has 0 unspecified atom stereocenters. The minimum absolute atomic E-state index is 0.178. The minimum atomic E-state index is 0.178. The maximum Gasteiger partial charge on any atom is 0.0544 e. The van der Waals surface area contributed by atoms with Gasteiger partial charge in [0.25, 0.3) is 0 Å². The van der Waals surface area contributed by atoms with Crippen LogP contribution < -0.4 is 0 Å². The van der Waals surface area contributed by atoms with Crippen molar-refractivity contribution in [2.75, 3.05) is 0 Å². The number of pyridine rings is 1. The summed E-state index contributed by atoms with van der Waals surface area (Å²) in [5.41, 5.74) is 3.86. The van der Waals surface area contributed by atoms with Crippen LogP contribution in [-0.4, -0.2) is 19.4 Å². The van der Waals surface area contributed by atoms with E-state index < -0.39 is 0 Å². The number of benzene rings is 2. The molecule has 0 spiro atoms. The average molecular weight is 465 g/mol. The molecule has 1 heterocycles. The molecule has 2 nitrogen and oxygen atoms in total. The summed E-state index contributed by atoms with van der Waals surface area (Å²) < 4.78 is 0.357. The molecule has 0 aliphatic carbocycles. The van der Waals surface area contributed by atoms with Gasteiger partial charge in [-0.2, -0.15) is 0 Å². The SMILES string of the molecule is CC(C)(C)Sc1ccccc1CN(Cc1ccccn1)Cc1ccccc1SC(C)(C)C. The summed E-state index contributed by atoms with van der Waals surface area (Å²) >= 11 is 3.89. The van der Waals surface area contributed by atoms with E-state index in [0.29, 0.717) is 0 Å². The fraction of sp³-hybridized carbons (Fsp3) is 0.393. The molecular formula is C28H36N2S2. The van der Waals surface area contributed by atoms with E-state index in [-0.39, 0.29) is 9.49 Å². The highest BCUT2D eigenvalue weighted by atomic mass is 32.2. The molecule has 0 atom stereocenters. The van der Waals surface area contributed by atoms with Crippen LogP contribution >= 0.6 is 23.5 Å². The predicted molar refractivity (Wildman–Crippen MR) is 141 cm³/mol. The molecule has 0 fully saturated rings. The van der Waals surface area contributed by atoms with Gasteiger partial charge in [-0.1, -0.05) is 84.0 Å². The summed E-state index contributed by atoms with van der Waals surface area (Å²) in [6, 6.07) is 23.9. The van der Waals surface area contributed by atoms with E-state index in [2.05, 4.69) is 112 Å². The van der Waals surface area contributed by atoms with Crippen LogP contribution in [0.1, 0.15) is 58.4 Å². The molecule has 0 radical (unpaired) electrons. The fourth-order valence-corrected chi connectivity index (χ4v) is 5.64. The Morgan fingerprint density at radius 2 is 1.09 bits per heavy atom. The number of nitrogens with zero attached hydrogens (tertiary/aromatic N) is 2. The zero-order valence-corrected chi connectivity index (χ0v) is 21.9. The third-order valence-electron chi connectivity index (χ3n) is 4.68. The molecular weight excluding hydrogens is 428 g/mol. The van der Waals surface area contributed by atoms with E-state index in [9.17, 15) is 0 Å². The Hall–Kier alpha value is -1.75. The van der Waals surface area contributed by atoms with Gasteiger partial charge >= 0.3 is 0 Å². The van der Waals surface area contributed by atoms with Gasteiger partial charge in [0.05, 0.1) is 5.69 Å². The molecule has 0 bridgehead atoms. The first-order chi connectivity index (χ1) is 15.1. The fourth-order valence-electron chi connectivity index (χ4n) is 3.50. The lowest BCUT2D eigenvalue weighted by molar-refractivity contribution is 0.241. The Balaban J connectivity index is 1.90. The van der Waals surface area contributed by atoms with Gasteiger partial charge in [0.1, 0.15) is 0 Å². The van der Waals surface area contributed by atoms with Crippen LogP contribution in [0.15, 0.2) is 82.7 Å². The molecule has 0 amide bonds. The Bertz CT molecular complexity index is 927. The first-order valence-corrected chi connectivity index (χ1v) is 12.9. The number of hydrogen-bond donors (Lipinski definition) is 0. The topological polar surface area (TPSA) is 16.1 Å². The molecule has 0 saturated heterocycles. The second-order valence-electron chi connectivity index (χ2n) is 10.1. The third-order valence-corrected chi connectivity index (χ3v) is 7.14. The largest absolute Gasteiger partial charge is 0.289 e. The van der Waals surface area contributed by atoms with E-state index >= 15 is 0 Å². The van der Waals surface area contributed by atoms with Gasteiger partial charge in [0.15, 0.2) is 0 Å². The smallest absolute Gasteiger partial charge is 0.0544 e. The highest BCUT2D eigenvalue weighted by molar-refractivity contribution is 8.00. The van der Waals surface area contributed by atoms with Crippen LogP contribution in [0.3, 0.4) is 0 Å². The standard InChI is InChI=1S/C28H36N2S2/c1-27(2,3)31-25-16-9-7-13-22(25)19-30(21-24-15-11-12-18-29-24)20-23-14-8-10-17-26(23)32-28(4,5)6/h7-18H,19-21H2,1-6H3. The summed E-state index contributed by atoms with van der Waals surface area (Å²) in [6.45, 7) is 16.3. The Kier molecular flexibility index (Phi) is 8.49. The summed E-state index contributed by atoms with van der Waals surface area (Å²) in [4.78, 5) is 9.86. The number of thioether (sulfide) groups is 2. The van der Waals surface area contributed by atoms with Crippen LogP contribution in [0.2, 0.25) is 0 Å². The molecule has 2 aromatic carbocycles. The van der Waals surface area contributed by atoms with Gasteiger partial charge in [0.2, 0.25) is 0 Å². The molecule has 0 saturated carbocycles. The molecule has 4 heteroatoms. The van der Waals surface area contributed by atoms with Crippen LogP contribution in [0.5, 0.6) is 0 Å². The van der Waals surface area contributed by atoms with Gasteiger partial charge in [-0.15, -0.1) is 23.5 Å². The second kappa shape index (κ2) is 10.9. The molecule has 0 aliphatic heterocycles. The summed E-state index contributed by atoms with van der Waals surface area (Å²) in [6.07, 6.45) is 1.89. The Morgan fingerprint density at radius 3 is 1.53 bits per heavy atom. The lowest BCUT2D eigenvalue weighted by atomic mass is 10.1.